The Kier molecular flexibility index (Phi) is 9.25. The fraction of sp³-hybridized carbons (Fsp3) is 0.400. The van der Waals surface area contributed by atoms with Crippen LogP contribution in [0, 0.1) is 26.7 Å². The molecule has 0 aliphatic rings. The lowest BCUT2D eigenvalue weighted by Gasteiger charge is -2.19. The van der Waals surface area contributed by atoms with E-state index < -0.39 is 6.04 Å². The van der Waals surface area contributed by atoms with Gasteiger partial charge in [-0.25, -0.2) is 5.43 Å². The molecule has 2 N–H and O–H groups in total. The normalized spacial score (nSPS) is 12.0. The maximum absolute atomic E-state index is 12.7. The third-order valence-corrected chi connectivity index (χ3v) is 4.94. The Morgan fingerprint density at radius 3 is 2.38 bits per heavy atom. The lowest BCUT2D eigenvalue weighted by Crippen LogP contribution is -2.47. The summed E-state index contributed by atoms with van der Waals surface area (Å²) in [5.41, 5.74) is 6.23. The van der Waals surface area contributed by atoms with Crippen LogP contribution in [-0.4, -0.2) is 37.8 Å². The van der Waals surface area contributed by atoms with Crippen LogP contribution < -0.4 is 20.2 Å². The van der Waals surface area contributed by atoms with Crippen molar-refractivity contribution in [3.8, 4) is 11.5 Å². The van der Waals surface area contributed by atoms with Gasteiger partial charge < -0.3 is 14.8 Å². The molecule has 172 valence electrons. The molecule has 0 spiro atoms. The zero-order chi connectivity index (χ0) is 23.7. The van der Waals surface area contributed by atoms with Gasteiger partial charge in [-0.3, -0.25) is 9.59 Å². The van der Waals surface area contributed by atoms with E-state index in [1.54, 1.807) is 7.11 Å². The third kappa shape index (κ3) is 7.41. The number of hydrazone groups is 1. The molecule has 2 aromatic carbocycles. The van der Waals surface area contributed by atoms with Gasteiger partial charge in [-0.05, 0) is 61.4 Å². The summed E-state index contributed by atoms with van der Waals surface area (Å²) in [7, 11) is 1.61. The average molecular weight is 440 g/mol. The van der Waals surface area contributed by atoms with Crippen molar-refractivity contribution in [2.75, 3.05) is 13.7 Å². The van der Waals surface area contributed by atoms with Gasteiger partial charge in [0.05, 0.1) is 13.3 Å². The lowest BCUT2D eigenvalue weighted by molar-refractivity contribution is -0.130. The minimum absolute atomic E-state index is 0.167. The van der Waals surface area contributed by atoms with E-state index in [2.05, 4.69) is 15.8 Å². The van der Waals surface area contributed by atoms with Crippen molar-refractivity contribution in [1.82, 2.24) is 10.7 Å². The minimum Gasteiger partial charge on any atom is -0.496 e. The van der Waals surface area contributed by atoms with Gasteiger partial charge in [-0.2, -0.15) is 5.10 Å². The second-order valence-corrected chi connectivity index (χ2v) is 8.22. The Labute approximate surface area is 190 Å². The molecule has 0 radical (unpaired) electrons. The molecule has 7 nitrogen and oxygen atoms in total. The van der Waals surface area contributed by atoms with E-state index in [9.17, 15) is 9.59 Å². The van der Waals surface area contributed by atoms with Gasteiger partial charge in [-0.15, -0.1) is 0 Å². The fourth-order valence-electron chi connectivity index (χ4n) is 3.27. The largest absolute Gasteiger partial charge is 0.496 e. The van der Waals surface area contributed by atoms with Crippen molar-refractivity contribution >= 4 is 18.0 Å². The molecular formula is C25H33N3O4. The predicted octanol–water partition coefficient (Wildman–Crippen LogP) is 3.68. The van der Waals surface area contributed by atoms with Gasteiger partial charge >= 0.3 is 0 Å². The molecule has 2 amide bonds. The quantitative estimate of drug-likeness (QED) is 0.437. The fourth-order valence-corrected chi connectivity index (χ4v) is 3.27. The van der Waals surface area contributed by atoms with Crippen LogP contribution in [0.15, 0.2) is 41.5 Å². The number of rotatable bonds is 10. The Morgan fingerprint density at radius 1 is 1.06 bits per heavy atom. The van der Waals surface area contributed by atoms with Crippen LogP contribution >= 0.6 is 0 Å². The molecule has 32 heavy (non-hydrogen) atoms. The molecule has 0 aromatic heterocycles. The first kappa shape index (κ1) is 24.9. The number of hydrogen-bond acceptors (Lipinski definition) is 5. The highest BCUT2D eigenvalue weighted by molar-refractivity contribution is 5.89. The van der Waals surface area contributed by atoms with E-state index in [1.165, 1.54) is 6.21 Å². The van der Waals surface area contributed by atoms with Crippen LogP contribution in [0.5, 0.6) is 11.5 Å². The first-order valence-corrected chi connectivity index (χ1v) is 10.7. The third-order valence-electron chi connectivity index (χ3n) is 4.94. The molecule has 0 aliphatic heterocycles. The summed E-state index contributed by atoms with van der Waals surface area (Å²) in [6, 6.07) is 10.7. The summed E-state index contributed by atoms with van der Waals surface area (Å²) < 4.78 is 11.0. The van der Waals surface area contributed by atoms with Gasteiger partial charge in [0.2, 0.25) is 0 Å². The number of nitrogens with one attached hydrogen (secondary N) is 2. The molecule has 0 saturated heterocycles. The maximum Gasteiger partial charge on any atom is 0.262 e. The predicted molar refractivity (Wildman–Crippen MR) is 126 cm³/mol. The van der Waals surface area contributed by atoms with Gasteiger partial charge in [0.1, 0.15) is 17.5 Å². The zero-order valence-corrected chi connectivity index (χ0v) is 19.7. The Bertz CT molecular complexity index is 949. The van der Waals surface area contributed by atoms with E-state index in [0.29, 0.717) is 12.2 Å². The Morgan fingerprint density at radius 2 is 1.75 bits per heavy atom. The van der Waals surface area contributed by atoms with Crippen molar-refractivity contribution in [2.45, 2.75) is 47.1 Å². The highest BCUT2D eigenvalue weighted by Gasteiger charge is 2.22. The number of carbonyl (C=O) groups is 2. The van der Waals surface area contributed by atoms with E-state index in [-0.39, 0.29) is 24.3 Å². The van der Waals surface area contributed by atoms with Crippen LogP contribution in [-0.2, 0) is 9.59 Å². The molecule has 0 bridgehead atoms. The van der Waals surface area contributed by atoms with Crippen LogP contribution in [0.1, 0.15) is 42.5 Å². The number of hydrogen-bond donors (Lipinski definition) is 2. The molecule has 0 saturated carbocycles. The first-order valence-electron chi connectivity index (χ1n) is 10.7. The van der Waals surface area contributed by atoms with Crippen molar-refractivity contribution in [3.63, 3.8) is 0 Å². The zero-order valence-electron chi connectivity index (χ0n) is 19.7. The number of benzene rings is 2. The second-order valence-electron chi connectivity index (χ2n) is 8.22. The summed E-state index contributed by atoms with van der Waals surface area (Å²) >= 11 is 0. The van der Waals surface area contributed by atoms with Crippen molar-refractivity contribution in [2.24, 2.45) is 11.0 Å². The van der Waals surface area contributed by atoms with E-state index in [1.807, 2.05) is 71.0 Å². The molecule has 2 aromatic rings. The van der Waals surface area contributed by atoms with E-state index >= 15 is 0 Å². The molecule has 0 heterocycles. The SMILES string of the molecule is COc1cc(/C=N\NC(=O)[C@H](CC(C)C)NC(=O)COc2c(C)cccc2C)ccc1C. The molecular weight excluding hydrogens is 406 g/mol. The van der Waals surface area contributed by atoms with Crippen molar-refractivity contribution in [3.05, 3.63) is 58.7 Å². The number of ether oxygens (including phenoxy) is 2. The average Bonchev–Trinajstić information content (AvgIpc) is 2.73. The number of para-hydroxylation sites is 1. The highest BCUT2D eigenvalue weighted by atomic mass is 16.5. The number of methoxy groups -OCH3 is 1. The maximum atomic E-state index is 12.7. The first-order chi connectivity index (χ1) is 15.2. The number of aryl methyl sites for hydroxylation is 3. The van der Waals surface area contributed by atoms with Gasteiger partial charge in [0.25, 0.3) is 11.8 Å². The van der Waals surface area contributed by atoms with Crippen LogP contribution in [0.25, 0.3) is 0 Å². The molecule has 2 rings (SSSR count). The summed E-state index contributed by atoms with van der Waals surface area (Å²) in [5.74, 6) is 0.894. The number of carbonyl (C=O) groups excluding carboxylic acids is 2. The molecule has 7 heteroatoms. The number of nitrogens with zero attached hydrogens (tertiary/aromatic N) is 1. The minimum atomic E-state index is -0.714. The Balaban J connectivity index is 1.97. The number of amides is 2. The summed E-state index contributed by atoms with van der Waals surface area (Å²) in [5, 5.41) is 6.80. The smallest absolute Gasteiger partial charge is 0.262 e. The highest BCUT2D eigenvalue weighted by Crippen LogP contribution is 2.22. The van der Waals surface area contributed by atoms with Crippen LogP contribution in [0.2, 0.25) is 0 Å². The molecule has 0 unspecified atom stereocenters. The summed E-state index contributed by atoms with van der Waals surface area (Å²) in [4.78, 5) is 25.1. The van der Waals surface area contributed by atoms with Crippen molar-refractivity contribution < 1.29 is 19.1 Å². The lowest BCUT2D eigenvalue weighted by atomic mass is 10.0. The molecule has 1 atom stereocenters. The summed E-state index contributed by atoms with van der Waals surface area (Å²) in [6.45, 7) is 9.61. The standard InChI is InChI=1S/C25H33N3O4/c1-16(2)12-21(27-23(29)15-32-24-18(4)8-7-9-19(24)5)25(30)28-26-14-20-11-10-17(3)22(13-20)31-6/h7-11,13-14,16,21H,12,15H2,1-6H3,(H,27,29)(H,28,30)/b26-14-/t21-/m0/s1. The van der Waals surface area contributed by atoms with Crippen LogP contribution in [0.3, 0.4) is 0 Å². The van der Waals surface area contributed by atoms with E-state index in [0.717, 1.165) is 28.0 Å². The van der Waals surface area contributed by atoms with Crippen molar-refractivity contribution in [1.29, 1.82) is 0 Å². The molecule has 0 aliphatic carbocycles. The monoisotopic (exact) mass is 439 g/mol. The van der Waals surface area contributed by atoms with Crippen LogP contribution in [0.4, 0.5) is 0 Å². The Hall–Kier alpha value is -3.35. The van der Waals surface area contributed by atoms with E-state index in [4.69, 9.17) is 9.47 Å². The topological polar surface area (TPSA) is 89.0 Å². The van der Waals surface area contributed by atoms with Gasteiger partial charge in [0.15, 0.2) is 6.61 Å². The molecule has 0 fully saturated rings. The van der Waals surface area contributed by atoms with Gasteiger partial charge in [0, 0.05) is 0 Å². The second kappa shape index (κ2) is 11.9. The van der Waals surface area contributed by atoms with Gasteiger partial charge in [-0.1, -0.05) is 44.2 Å². The summed E-state index contributed by atoms with van der Waals surface area (Å²) in [6.07, 6.45) is 2.02.